The molecule has 9 heteroatoms. The first-order valence-electron chi connectivity index (χ1n) is 10.5. The summed E-state index contributed by atoms with van der Waals surface area (Å²) in [4.78, 5) is 0. The van der Waals surface area contributed by atoms with E-state index in [0.717, 1.165) is 11.1 Å². The van der Waals surface area contributed by atoms with Crippen molar-refractivity contribution in [2.45, 2.75) is 32.9 Å². The van der Waals surface area contributed by atoms with Gasteiger partial charge >= 0.3 is 16.2 Å². The maximum absolute atomic E-state index is 13.1. The second-order valence-corrected chi connectivity index (χ2v) is 10.5. The van der Waals surface area contributed by atoms with Crippen molar-refractivity contribution in [3.8, 4) is 11.5 Å². The molecule has 0 radical (unpaired) electrons. The summed E-state index contributed by atoms with van der Waals surface area (Å²) in [5.41, 5.74) is 8.48. The van der Waals surface area contributed by atoms with Crippen LogP contribution in [0.15, 0.2) is 66.4 Å². The zero-order valence-electron chi connectivity index (χ0n) is 18.8. The van der Waals surface area contributed by atoms with E-state index in [9.17, 15) is 21.6 Å². The highest BCUT2D eigenvalue weighted by atomic mass is 32.2. The van der Waals surface area contributed by atoms with E-state index in [1.807, 2.05) is 39.0 Å². The van der Waals surface area contributed by atoms with Gasteiger partial charge in [0.2, 0.25) is 0 Å². The SMILES string of the molecule is Cc1ccc(C(C)C)c(Oc2ccc([N+]3(S(=O)(=O)CC(F)(F)F)C=CC(CN)=CC3)cc2)c1. The smallest absolute Gasteiger partial charge is 0.408 e. The summed E-state index contributed by atoms with van der Waals surface area (Å²) in [6.07, 6.45) is -0.586. The molecule has 2 aromatic rings. The summed E-state index contributed by atoms with van der Waals surface area (Å²) in [6, 6.07) is 12.0. The molecular formula is C24H28F3N2O3S+. The Bertz CT molecular complexity index is 1170. The predicted octanol–water partition coefficient (Wildman–Crippen LogP) is 5.52. The van der Waals surface area contributed by atoms with Gasteiger partial charge in [-0.15, -0.1) is 0 Å². The monoisotopic (exact) mass is 481 g/mol. The Morgan fingerprint density at radius 2 is 1.79 bits per heavy atom. The molecule has 1 aliphatic rings. The van der Waals surface area contributed by atoms with E-state index in [0.29, 0.717) is 17.1 Å². The Labute approximate surface area is 192 Å². The quantitative estimate of drug-likeness (QED) is 0.529. The topological polar surface area (TPSA) is 69.4 Å². The molecule has 33 heavy (non-hydrogen) atoms. The van der Waals surface area contributed by atoms with E-state index in [4.69, 9.17) is 10.5 Å². The molecule has 0 fully saturated rings. The fourth-order valence-electron chi connectivity index (χ4n) is 3.73. The number of benzene rings is 2. The van der Waals surface area contributed by atoms with Crippen molar-refractivity contribution in [2.24, 2.45) is 5.73 Å². The molecule has 3 rings (SSSR count). The van der Waals surface area contributed by atoms with Crippen molar-refractivity contribution >= 4 is 15.7 Å². The molecule has 1 aliphatic heterocycles. The molecule has 0 aliphatic carbocycles. The number of ether oxygens (including phenoxy) is 1. The normalized spacial score (nSPS) is 19.0. The zero-order chi connectivity index (χ0) is 24.4. The highest BCUT2D eigenvalue weighted by Crippen LogP contribution is 2.37. The minimum atomic E-state index is -4.86. The average molecular weight is 482 g/mol. The van der Waals surface area contributed by atoms with Gasteiger partial charge in [0, 0.05) is 18.7 Å². The first-order valence-corrected chi connectivity index (χ1v) is 12.1. The Hall–Kier alpha value is -2.62. The van der Waals surface area contributed by atoms with Gasteiger partial charge in [0.15, 0.2) is 11.4 Å². The van der Waals surface area contributed by atoms with Crippen molar-refractivity contribution in [3.05, 3.63) is 77.5 Å². The van der Waals surface area contributed by atoms with Crippen LogP contribution in [0.3, 0.4) is 0 Å². The van der Waals surface area contributed by atoms with Crippen molar-refractivity contribution in [2.75, 3.05) is 18.8 Å². The standard InChI is InChI=1S/C24H28F3N2O3S/c1-17(2)22-9-4-18(3)14-23(22)32-21-7-5-20(6-8-21)29(12-10-19(15-28)11-13-29)33(30,31)16-24(25,26)27/h4-12,14,17H,13,15-16,28H2,1-3H3/q+1. The van der Waals surface area contributed by atoms with Crippen LogP contribution in [0.2, 0.25) is 0 Å². The molecule has 0 bridgehead atoms. The number of hydrogen-bond acceptors (Lipinski definition) is 4. The molecular weight excluding hydrogens is 453 g/mol. The number of halogens is 3. The van der Waals surface area contributed by atoms with Gasteiger partial charge in [0.25, 0.3) is 0 Å². The average Bonchev–Trinajstić information content (AvgIpc) is 2.72. The summed E-state index contributed by atoms with van der Waals surface area (Å²) in [7, 11) is -4.68. The fraction of sp³-hybridized carbons (Fsp3) is 0.333. The third-order valence-corrected chi connectivity index (χ3v) is 7.69. The molecule has 0 saturated heterocycles. The third-order valence-electron chi connectivity index (χ3n) is 5.52. The van der Waals surface area contributed by atoms with Crippen molar-refractivity contribution < 1.29 is 26.3 Å². The Kier molecular flexibility index (Phi) is 7.07. The molecule has 5 nitrogen and oxygen atoms in total. The molecule has 2 N–H and O–H groups in total. The first-order chi connectivity index (χ1) is 15.4. The Balaban J connectivity index is 1.99. The van der Waals surface area contributed by atoms with Gasteiger partial charge in [-0.3, -0.25) is 0 Å². The summed E-state index contributed by atoms with van der Waals surface area (Å²) >= 11 is 0. The second kappa shape index (κ2) is 9.32. The van der Waals surface area contributed by atoms with Crippen LogP contribution in [0.1, 0.15) is 30.9 Å². The lowest BCUT2D eigenvalue weighted by Gasteiger charge is -2.34. The molecule has 0 spiro atoms. The van der Waals surface area contributed by atoms with E-state index in [1.54, 1.807) is 18.2 Å². The molecule has 1 unspecified atom stereocenters. The maximum Gasteiger partial charge on any atom is 0.408 e. The molecule has 0 saturated carbocycles. The summed E-state index contributed by atoms with van der Waals surface area (Å²) in [5.74, 6) is -0.574. The van der Waals surface area contributed by atoms with Gasteiger partial charge in [0.1, 0.15) is 24.2 Å². The van der Waals surface area contributed by atoms with Gasteiger partial charge in [-0.25, -0.2) is 0 Å². The van der Waals surface area contributed by atoms with Crippen molar-refractivity contribution in [3.63, 3.8) is 0 Å². The zero-order valence-corrected chi connectivity index (χ0v) is 19.6. The van der Waals surface area contributed by atoms with E-state index in [1.165, 1.54) is 24.4 Å². The van der Waals surface area contributed by atoms with E-state index in [-0.39, 0.29) is 24.7 Å². The lowest BCUT2D eigenvalue weighted by atomic mass is 10.0. The Morgan fingerprint density at radius 3 is 2.30 bits per heavy atom. The van der Waals surface area contributed by atoms with Crippen LogP contribution >= 0.6 is 0 Å². The Morgan fingerprint density at radius 1 is 1.12 bits per heavy atom. The van der Waals surface area contributed by atoms with Crippen LogP contribution in [-0.2, 0) is 10.0 Å². The third kappa shape index (κ3) is 5.48. The predicted molar refractivity (Wildman–Crippen MR) is 125 cm³/mol. The number of alkyl halides is 3. The van der Waals surface area contributed by atoms with Crippen LogP contribution < -0.4 is 14.4 Å². The van der Waals surface area contributed by atoms with Gasteiger partial charge in [-0.05, 0) is 59.9 Å². The molecule has 178 valence electrons. The lowest BCUT2D eigenvalue weighted by Crippen LogP contribution is -2.53. The van der Waals surface area contributed by atoms with Crippen molar-refractivity contribution in [1.29, 1.82) is 0 Å². The maximum atomic E-state index is 13.1. The second-order valence-electron chi connectivity index (χ2n) is 8.41. The minimum Gasteiger partial charge on any atom is -0.457 e. The van der Waals surface area contributed by atoms with E-state index < -0.39 is 25.8 Å². The first kappa shape index (κ1) is 25.0. The van der Waals surface area contributed by atoms with Crippen LogP contribution in [-0.4, -0.2) is 33.4 Å². The number of nitrogens with two attached hydrogens (primary N) is 1. The van der Waals surface area contributed by atoms with E-state index >= 15 is 0 Å². The number of hydrogen-bond donors (Lipinski definition) is 1. The van der Waals surface area contributed by atoms with Gasteiger partial charge in [0.05, 0.1) is 0 Å². The summed E-state index contributed by atoms with van der Waals surface area (Å²) in [6.45, 7) is 6.03. The van der Waals surface area contributed by atoms with Crippen LogP contribution in [0.4, 0.5) is 18.9 Å². The molecule has 0 amide bonds. The van der Waals surface area contributed by atoms with E-state index in [2.05, 4.69) is 0 Å². The summed E-state index contributed by atoms with van der Waals surface area (Å²) < 4.78 is 70.3. The van der Waals surface area contributed by atoms with Gasteiger partial charge in [-0.1, -0.05) is 26.0 Å². The van der Waals surface area contributed by atoms with Crippen molar-refractivity contribution in [1.82, 2.24) is 3.89 Å². The molecule has 2 aromatic carbocycles. The van der Waals surface area contributed by atoms with Crippen LogP contribution in [0.25, 0.3) is 0 Å². The number of quaternary nitrogens is 1. The largest absolute Gasteiger partial charge is 0.457 e. The molecule has 1 heterocycles. The van der Waals surface area contributed by atoms with Crippen LogP contribution in [0, 0.1) is 6.92 Å². The summed E-state index contributed by atoms with van der Waals surface area (Å²) in [5, 5.41) is 0. The fourth-order valence-corrected chi connectivity index (χ4v) is 5.36. The van der Waals surface area contributed by atoms with Gasteiger partial charge < -0.3 is 10.5 Å². The number of aryl methyl sites for hydroxylation is 1. The number of nitrogens with zero attached hydrogens (tertiary/aromatic N) is 1. The minimum absolute atomic E-state index is 0.164. The lowest BCUT2D eigenvalue weighted by molar-refractivity contribution is -0.106. The molecule has 0 aromatic heterocycles. The molecule has 1 atom stereocenters. The number of rotatable bonds is 7. The van der Waals surface area contributed by atoms with Gasteiger partial charge in [-0.2, -0.15) is 25.5 Å². The highest BCUT2D eigenvalue weighted by Gasteiger charge is 2.49. The van der Waals surface area contributed by atoms with Crippen LogP contribution in [0.5, 0.6) is 11.5 Å². The highest BCUT2D eigenvalue weighted by molar-refractivity contribution is 7.91. The number of sulfonamides is 1.